The number of carbonyl (C=O) groups is 2. The molecule has 3 rings (SSSR count). The largest absolute Gasteiger partial charge is 0.478 e. The van der Waals surface area contributed by atoms with Gasteiger partial charge in [0.15, 0.2) is 0 Å². The molecule has 1 atom stereocenters. The Balaban J connectivity index is 1.91. The number of anilines is 1. The third kappa shape index (κ3) is 5.79. The molecule has 0 bridgehead atoms. The maximum Gasteiger partial charge on any atom is 0.335 e. The van der Waals surface area contributed by atoms with E-state index in [1.165, 1.54) is 17.0 Å². The van der Waals surface area contributed by atoms with Crippen LogP contribution in [0.3, 0.4) is 0 Å². The zero-order chi connectivity index (χ0) is 25.9. The van der Waals surface area contributed by atoms with E-state index in [0.29, 0.717) is 11.4 Å². The first-order valence-electron chi connectivity index (χ1n) is 11.6. The molecule has 8 nitrogen and oxygen atoms in total. The lowest BCUT2D eigenvalue weighted by molar-refractivity contribution is -0.140. The van der Waals surface area contributed by atoms with Gasteiger partial charge >= 0.3 is 5.97 Å². The Morgan fingerprint density at radius 2 is 1.91 bits per heavy atom. The molecule has 35 heavy (non-hydrogen) atoms. The summed E-state index contributed by atoms with van der Waals surface area (Å²) in [5.41, 5.74) is 1.25. The third-order valence-electron chi connectivity index (χ3n) is 5.89. The van der Waals surface area contributed by atoms with Crippen molar-refractivity contribution in [2.75, 3.05) is 25.1 Å². The lowest BCUT2D eigenvalue weighted by Gasteiger charge is -2.36. The van der Waals surface area contributed by atoms with Crippen LogP contribution in [0.2, 0.25) is 0 Å². The molecule has 1 amide bonds. The van der Waals surface area contributed by atoms with E-state index in [-0.39, 0.29) is 36.5 Å². The predicted molar refractivity (Wildman–Crippen MR) is 134 cm³/mol. The van der Waals surface area contributed by atoms with Gasteiger partial charge in [-0.1, -0.05) is 19.9 Å². The van der Waals surface area contributed by atoms with E-state index >= 15 is 0 Å². The van der Waals surface area contributed by atoms with Crippen molar-refractivity contribution in [1.29, 1.82) is 0 Å². The van der Waals surface area contributed by atoms with Crippen molar-refractivity contribution in [2.24, 2.45) is 5.92 Å². The summed E-state index contributed by atoms with van der Waals surface area (Å²) in [6.45, 7) is 7.85. The number of carbonyl (C=O) groups excluding carboxylic acids is 1. The third-order valence-corrected chi connectivity index (χ3v) is 5.89. The molecular formula is C26H33FN4O4. The van der Waals surface area contributed by atoms with Crippen LogP contribution in [0, 0.1) is 12.8 Å². The Morgan fingerprint density at radius 1 is 1.20 bits per heavy atom. The molecule has 0 saturated carbocycles. The molecule has 1 aromatic heterocycles. The molecule has 1 heterocycles. The highest BCUT2D eigenvalue weighted by molar-refractivity contribution is 5.93. The molecule has 0 saturated heterocycles. The summed E-state index contributed by atoms with van der Waals surface area (Å²) in [7, 11) is 0. The van der Waals surface area contributed by atoms with E-state index < -0.39 is 18.2 Å². The van der Waals surface area contributed by atoms with Crippen molar-refractivity contribution >= 4 is 28.5 Å². The van der Waals surface area contributed by atoms with Gasteiger partial charge in [-0.25, -0.2) is 13.9 Å². The number of carboxylic acids is 1. The molecule has 0 fully saturated rings. The number of alkyl halides is 1. The smallest absolute Gasteiger partial charge is 0.335 e. The Kier molecular flexibility index (Phi) is 7.80. The quantitative estimate of drug-likeness (QED) is 0.401. The molecule has 0 spiro atoms. The molecule has 0 aliphatic rings. The molecule has 1 unspecified atom stereocenters. The van der Waals surface area contributed by atoms with E-state index in [9.17, 15) is 24.2 Å². The summed E-state index contributed by atoms with van der Waals surface area (Å²) in [5.74, 6) is -1.44. The van der Waals surface area contributed by atoms with Gasteiger partial charge in [0.25, 0.3) is 0 Å². The van der Waals surface area contributed by atoms with E-state index in [1.54, 1.807) is 36.9 Å². The van der Waals surface area contributed by atoms with Gasteiger partial charge < -0.3 is 20.4 Å². The number of fused-ring (bicyclic) bond motifs is 1. The van der Waals surface area contributed by atoms with E-state index in [4.69, 9.17) is 0 Å². The highest BCUT2D eigenvalue weighted by Crippen LogP contribution is 2.28. The zero-order valence-corrected chi connectivity index (χ0v) is 20.7. The Bertz CT molecular complexity index is 1220. The zero-order valence-electron chi connectivity index (χ0n) is 20.7. The SMILES string of the molecule is Cc1cc(NCC(O)(CF)CN(C(=O)C(C)C)C(C)C)c2cnn(-c3cccc(C(=O)O)c3)c2c1. The predicted octanol–water partition coefficient (Wildman–Crippen LogP) is 4.04. The van der Waals surface area contributed by atoms with Gasteiger partial charge in [0.2, 0.25) is 5.91 Å². The highest BCUT2D eigenvalue weighted by atomic mass is 19.1. The Hall–Kier alpha value is -3.46. The Morgan fingerprint density at radius 3 is 2.51 bits per heavy atom. The fourth-order valence-corrected chi connectivity index (χ4v) is 3.96. The van der Waals surface area contributed by atoms with E-state index in [0.717, 1.165) is 16.5 Å². The second-order valence-electron chi connectivity index (χ2n) is 9.58. The maximum absolute atomic E-state index is 14.1. The monoisotopic (exact) mass is 484 g/mol. The number of benzene rings is 2. The number of carboxylic acid groups (broad SMARTS) is 1. The number of nitrogens with zero attached hydrogens (tertiary/aromatic N) is 3. The summed E-state index contributed by atoms with van der Waals surface area (Å²) < 4.78 is 15.7. The molecule has 0 aliphatic heterocycles. The van der Waals surface area contributed by atoms with Gasteiger partial charge in [0, 0.05) is 29.6 Å². The minimum Gasteiger partial charge on any atom is -0.478 e. The van der Waals surface area contributed by atoms with Crippen LogP contribution in [-0.2, 0) is 4.79 Å². The fraction of sp³-hybridized carbons (Fsp3) is 0.423. The molecular weight excluding hydrogens is 451 g/mol. The van der Waals surface area contributed by atoms with Crippen molar-refractivity contribution in [1.82, 2.24) is 14.7 Å². The molecule has 9 heteroatoms. The molecule has 3 aromatic rings. The number of aromatic nitrogens is 2. The topological polar surface area (TPSA) is 108 Å². The molecule has 0 aliphatic carbocycles. The standard InChI is InChI=1S/C26H33FN4O4/c1-16(2)24(32)30(17(3)4)15-26(35,13-27)14-28-22-9-18(5)10-23-21(22)12-29-31(23)20-8-6-7-19(11-20)25(33)34/h6-12,16-17,28,35H,13-15H2,1-5H3,(H,33,34). The van der Waals surface area contributed by atoms with Gasteiger partial charge in [-0.15, -0.1) is 0 Å². The van der Waals surface area contributed by atoms with Crippen molar-refractivity contribution in [3.05, 3.63) is 53.7 Å². The first-order valence-corrected chi connectivity index (χ1v) is 11.6. The number of aryl methyl sites for hydroxylation is 1. The van der Waals surface area contributed by atoms with Crippen LogP contribution in [0.5, 0.6) is 0 Å². The van der Waals surface area contributed by atoms with E-state index in [1.807, 2.05) is 32.9 Å². The minimum atomic E-state index is -1.78. The van der Waals surface area contributed by atoms with Crippen molar-refractivity contribution in [3.63, 3.8) is 0 Å². The summed E-state index contributed by atoms with van der Waals surface area (Å²) >= 11 is 0. The normalized spacial score (nSPS) is 13.3. The van der Waals surface area contributed by atoms with Crippen LogP contribution >= 0.6 is 0 Å². The average molecular weight is 485 g/mol. The number of rotatable bonds is 10. The number of nitrogens with one attached hydrogen (secondary N) is 1. The van der Waals surface area contributed by atoms with Crippen molar-refractivity contribution in [3.8, 4) is 5.69 Å². The number of aromatic carboxylic acids is 1. The second kappa shape index (κ2) is 10.4. The average Bonchev–Trinajstić information content (AvgIpc) is 3.24. The maximum atomic E-state index is 14.1. The van der Waals surface area contributed by atoms with Crippen LogP contribution in [0.15, 0.2) is 42.6 Å². The molecule has 0 radical (unpaired) electrons. The number of amides is 1. The van der Waals surface area contributed by atoms with Gasteiger partial charge in [-0.2, -0.15) is 5.10 Å². The summed E-state index contributed by atoms with van der Waals surface area (Å²) in [6, 6.07) is 10.1. The number of halogens is 1. The number of hydrogen-bond donors (Lipinski definition) is 3. The summed E-state index contributed by atoms with van der Waals surface area (Å²) in [6.07, 6.45) is 1.64. The first-order chi connectivity index (χ1) is 16.5. The van der Waals surface area contributed by atoms with Gasteiger partial charge in [0.05, 0.1) is 29.5 Å². The van der Waals surface area contributed by atoms with Crippen molar-refractivity contribution < 1.29 is 24.2 Å². The molecule has 3 N–H and O–H groups in total. The van der Waals surface area contributed by atoms with Gasteiger partial charge in [-0.3, -0.25) is 4.79 Å². The number of aliphatic hydroxyl groups is 1. The van der Waals surface area contributed by atoms with Crippen LogP contribution in [0.4, 0.5) is 10.1 Å². The van der Waals surface area contributed by atoms with E-state index in [2.05, 4.69) is 10.4 Å². The van der Waals surface area contributed by atoms with Gasteiger partial charge in [-0.05, 0) is 56.7 Å². The summed E-state index contributed by atoms with van der Waals surface area (Å²) in [5, 5.41) is 28.7. The molecule has 2 aromatic carbocycles. The van der Waals surface area contributed by atoms with Crippen molar-refractivity contribution in [2.45, 2.75) is 46.3 Å². The van der Waals surface area contributed by atoms with Crippen LogP contribution in [0.1, 0.15) is 43.6 Å². The summed E-state index contributed by atoms with van der Waals surface area (Å²) in [4.78, 5) is 25.5. The number of hydrogen-bond acceptors (Lipinski definition) is 5. The van der Waals surface area contributed by atoms with Crippen LogP contribution < -0.4 is 5.32 Å². The first kappa shape index (κ1) is 26.2. The highest BCUT2D eigenvalue weighted by Gasteiger charge is 2.34. The van der Waals surface area contributed by atoms with Crippen LogP contribution in [0.25, 0.3) is 16.6 Å². The van der Waals surface area contributed by atoms with Gasteiger partial charge in [0.1, 0.15) is 12.3 Å². The molecule has 188 valence electrons. The van der Waals surface area contributed by atoms with Crippen LogP contribution in [-0.4, -0.2) is 68.2 Å². The second-order valence-corrected chi connectivity index (χ2v) is 9.58. The minimum absolute atomic E-state index is 0.115. The fourth-order valence-electron chi connectivity index (χ4n) is 3.96. The lowest BCUT2D eigenvalue weighted by Crippen LogP contribution is -2.54. The Labute approximate surface area is 204 Å². The lowest BCUT2D eigenvalue weighted by atomic mass is 10.0.